The minimum absolute atomic E-state index is 0.202. The van der Waals surface area contributed by atoms with Gasteiger partial charge in [0.2, 0.25) is 5.91 Å². The van der Waals surface area contributed by atoms with Gasteiger partial charge in [0.15, 0.2) is 5.78 Å². The van der Waals surface area contributed by atoms with Crippen molar-refractivity contribution >= 4 is 29.3 Å². The van der Waals surface area contributed by atoms with Crippen LogP contribution in [0.4, 0.5) is 14.9 Å². The summed E-state index contributed by atoms with van der Waals surface area (Å²) in [6.45, 7) is 2.23. The van der Waals surface area contributed by atoms with Crippen LogP contribution in [0.2, 0.25) is 0 Å². The second kappa shape index (κ2) is 7.22. The standard InChI is InChI=1S/C20H18FN3O4/c1-12(25)22-14-8-9-15(16(21)10-14)17(26)11-24-18(27)20(2,23-19(24)28)13-6-4-3-5-7-13/h3-10H,11H2,1-2H3,(H,22,25)(H,23,28)/t20-/m0/s1. The number of carbonyl (C=O) groups excluding carboxylic acids is 4. The Morgan fingerprint density at radius 1 is 1.14 bits per heavy atom. The van der Waals surface area contributed by atoms with Crippen LogP contribution in [0.25, 0.3) is 0 Å². The molecule has 1 aliphatic rings. The van der Waals surface area contributed by atoms with Gasteiger partial charge in [-0.25, -0.2) is 9.18 Å². The number of amides is 4. The van der Waals surface area contributed by atoms with E-state index in [-0.39, 0.29) is 17.2 Å². The second-order valence-electron chi connectivity index (χ2n) is 6.61. The quantitative estimate of drug-likeness (QED) is 0.612. The summed E-state index contributed by atoms with van der Waals surface area (Å²) in [6, 6.07) is 11.5. The van der Waals surface area contributed by atoms with Crippen molar-refractivity contribution in [2.24, 2.45) is 0 Å². The molecule has 2 N–H and O–H groups in total. The van der Waals surface area contributed by atoms with E-state index < -0.39 is 35.6 Å². The molecular weight excluding hydrogens is 365 g/mol. The van der Waals surface area contributed by atoms with E-state index in [0.717, 1.165) is 11.0 Å². The third kappa shape index (κ3) is 3.48. The number of hydrogen-bond acceptors (Lipinski definition) is 4. The zero-order chi connectivity index (χ0) is 20.5. The third-order valence-electron chi connectivity index (χ3n) is 4.52. The predicted molar refractivity (Wildman–Crippen MR) is 99.1 cm³/mol. The molecule has 0 bridgehead atoms. The molecule has 1 aliphatic heterocycles. The third-order valence-corrected chi connectivity index (χ3v) is 4.52. The molecule has 0 spiro atoms. The molecule has 8 heteroatoms. The molecule has 1 heterocycles. The number of carbonyl (C=O) groups is 4. The normalized spacial score (nSPS) is 18.8. The largest absolute Gasteiger partial charge is 0.326 e. The van der Waals surface area contributed by atoms with Gasteiger partial charge in [-0.05, 0) is 30.7 Å². The average Bonchev–Trinajstić information content (AvgIpc) is 2.86. The van der Waals surface area contributed by atoms with Crippen LogP contribution in [0.1, 0.15) is 29.8 Å². The molecule has 0 aliphatic carbocycles. The highest BCUT2D eigenvalue weighted by Crippen LogP contribution is 2.29. The summed E-state index contributed by atoms with van der Waals surface area (Å²) in [5, 5.41) is 5.00. The monoisotopic (exact) mass is 383 g/mol. The fourth-order valence-corrected chi connectivity index (χ4v) is 3.06. The van der Waals surface area contributed by atoms with Gasteiger partial charge in [-0.2, -0.15) is 0 Å². The van der Waals surface area contributed by atoms with Gasteiger partial charge in [0.1, 0.15) is 11.4 Å². The molecule has 0 radical (unpaired) electrons. The average molecular weight is 383 g/mol. The molecule has 0 unspecified atom stereocenters. The van der Waals surface area contributed by atoms with Crippen LogP contribution in [0.5, 0.6) is 0 Å². The molecule has 0 aromatic heterocycles. The molecule has 4 amide bonds. The molecule has 144 valence electrons. The van der Waals surface area contributed by atoms with Gasteiger partial charge in [-0.1, -0.05) is 30.3 Å². The Kier molecular flexibility index (Phi) is 4.96. The summed E-state index contributed by atoms with van der Waals surface area (Å²) in [5.74, 6) is -2.55. The Balaban J connectivity index is 1.80. The Morgan fingerprint density at radius 2 is 1.82 bits per heavy atom. The predicted octanol–water partition coefficient (Wildman–Crippen LogP) is 2.43. The van der Waals surface area contributed by atoms with Crippen LogP contribution < -0.4 is 10.6 Å². The maximum absolute atomic E-state index is 14.3. The number of nitrogens with zero attached hydrogens (tertiary/aromatic N) is 1. The van der Waals surface area contributed by atoms with Gasteiger partial charge in [0, 0.05) is 12.6 Å². The number of hydrogen-bond donors (Lipinski definition) is 2. The van der Waals surface area contributed by atoms with Crippen molar-refractivity contribution < 1.29 is 23.6 Å². The van der Waals surface area contributed by atoms with E-state index in [1.54, 1.807) is 37.3 Å². The van der Waals surface area contributed by atoms with Crippen molar-refractivity contribution in [2.45, 2.75) is 19.4 Å². The van der Waals surface area contributed by atoms with E-state index in [1.165, 1.54) is 19.1 Å². The number of anilines is 1. The first-order chi connectivity index (χ1) is 13.2. The smallest absolute Gasteiger partial charge is 0.325 e. The van der Waals surface area contributed by atoms with Gasteiger partial charge in [-0.3, -0.25) is 19.3 Å². The lowest BCUT2D eigenvalue weighted by Crippen LogP contribution is -2.41. The molecule has 1 fully saturated rings. The van der Waals surface area contributed by atoms with Crippen molar-refractivity contribution in [3.05, 3.63) is 65.5 Å². The molecule has 7 nitrogen and oxygen atoms in total. The summed E-state index contributed by atoms with van der Waals surface area (Å²) in [6.07, 6.45) is 0. The number of benzene rings is 2. The highest BCUT2D eigenvalue weighted by atomic mass is 19.1. The fourth-order valence-electron chi connectivity index (χ4n) is 3.06. The molecule has 2 aromatic carbocycles. The number of Topliss-reactive ketones (excluding diaryl/α,β-unsaturated/α-hetero) is 1. The van der Waals surface area contributed by atoms with Crippen molar-refractivity contribution in [1.29, 1.82) is 0 Å². The van der Waals surface area contributed by atoms with E-state index in [2.05, 4.69) is 10.6 Å². The minimum Gasteiger partial charge on any atom is -0.326 e. The maximum Gasteiger partial charge on any atom is 0.325 e. The Hall–Kier alpha value is -3.55. The van der Waals surface area contributed by atoms with Crippen LogP contribution in [0, 0.1) is 5.82 Å². The number of nitrogens with one attached hydrogen (secondary N) is 2. The SMILES string of the molecule is CC(=O)Nc1ccc(C(=O)CN2C(=O)N[C@@](C)(c3ccccc3)C2=O)c(F)c1. The Bertz CT molecular complexity index is 977. The topological polar surface area (TPSA) is 95.6 Å². The highest BCUT2D eigenvalue weighted by Gasteiger charge is 2.49. The molecule has 3 rings (SSSR count). The van der Waals surface area contributed by atoms with Gasteiger partial charge in [-0.15, -0.1) is 0 Å². The van der Waals surface area contributed by atoms with E-state index in [1.807, 2.05) is 0 Å². The summed E-state index contributed by atoms with van der Waals surface area (Å²) >= 11 is 0. The highest BCUT2D eigenvalue weighted by molar-refractivity contribution is 6.11. The van der Waals surface area contributed by atoms with Crippen molar-refractivity contribution in [1.82, 2.24) is 10.2 Å². The van der Waals surface area contributed by atoms with E-state index in [0.29, 0.717) is 5.56 Å². The van der Waals surface area contributed by atoms with Crippen LogP contribution >= 0.6 is 0 Å². The lowest BCUT2D eigenvalue weighted by atomic mass is 9.92. The lowest BCUT2D eigenvalue weighted by Gasteiger charge is -2.22. The van der Waals surface area contributed by atoms with E-state index in [9.17, 15) is 23.6 Å². The lowest BCUT2D eigenvalue weighted by molar-refractivity contribution is -0.130. The van der Waals surface area contributed by atoms with Crippen LogP contribution in [-0.2, 0) is 15.1 Å². The molecule has 1 saturated heterocycles. The molecular formula is C20H18FN3O4. The van der Waals surface area contributed by atoms with Crippen LogP contribution in [0.3, 0.4) is 0 Å². The van der Waals surface area contributed by atoms with Crippen LogP contribution in [-0.4, -0.2) is 35.1 Å². The van der Waals surface area contributed by atoms with Gasteiger partial charge >= 0.3 is 6.03 Å². The maximum atomic E-state index is 14.3. The Labute approximate surface area is 160 Å². The summed E-state index contributed by atoms with van der Waals surface area (Å²) < 4.78 is 14.3. The van der Waals surface area contributed by atoms with E-state index in [4.69, 9.17) is 0 Å². The number of imide groups is 1. The molecule has 0 saturated carbocycles. The van der Waals surface area contributed by atoms with Crippen molar-refractivity contribution in [3.8, 4) is 0 Å². The Morgan fingerprint density at radius 3 is 2.43 bits per heavy atom. The van der Waals surface area contributed by atoms with Crippen LogP contribution in [0.15, 0.2) is 48.5 Å². The summed E-state index contributed by atoms with van der Waals surface area (Å²) in [7, 11) is 0. The van der Waals surface area contributed by atoms with E-state index >= 15 is 0 Å². The van der Waals surface area contributed by atoms with Gasteiger partial charge in [0.05, 0.1) is 12.1 Å². The van der Waals surface area contributed by atoms with Crippen molar-refractivity contribution in [2.75, 3.05) is 11.9 Å². The molecule has 1 atom stereocenters. The first-order valence-electron chi connectivity index (χ1n) is 8.52. The van der Waals surface area contributed by atoms with Gasteiger partial charge in [0.25, 0.3) is 5.91 Å². The van der Waals surface area contributed by atoms with Gasteiger partial charge < -0.3 is 10.6 Å². The first-order valence-corrected chi connectivity index (χ1v) is 8.52. The fraction of sp³-hybridized carbons (Fsp3) is 0.200. The minimum atomic E-state index is -1.30. The molecule has 2 aromatic rings. The summed E-state index contributed by atoms with van der Waals surface area (Å²) in [4.78, 5) is 49.4. The number of rotatable bonds is 5. The zero-order valence-electron chi connectivity index (χ0n) is 15.3. The molecule has 28 heavy (non-hydrogen) atoms. The number of ketones is 1. The van der Waals surface area contributed by atoms with Crippen molar-refractivity contribution in [3.63, 3.8) is 0 Å². The second-order valence-corrected chi connectivity index (χ2v) is 6.61. The summed E-state index contributed by atoms with van der Waals surface area (Å²) in [5.41, 5.74) is -0.794. The zero-order valence-corrected chi connectivity index (χ0v) is 15.3. The first kappa shape index (κ1) is 19.2. The number of urea groups is 1. The number of halogens is 1.